The van der Waals surface area contributed by atoms with Gasteiger partial charge in [0.15, 0.2) is 0 Å². The average molecular weight is 435 g/mol. The summed E-state index contributed by atoms with van der Waals surface area (Å²) in [6, 6.07) is 17.7. The van der Waals surface area contributed by atoms with E-state index in [1.165, 1.54) is 4.80 Å². The summed E-state index contributed by atoms with van der Waals surface area (Å²) in [5.74, 6) is 0.0255. The van der Waals surface area contributed by atoms with Crippen LogP contribution in [0.2, 0.25) is 0 Å². The molecular formula is C24H30N6O2. The number of carbonyl (C=O) groups excluding carboxylic acids is 2. The molecule has 0 radical (unpaired) electrons. The lowest BCUT2D eigenvalue weighted by atomic mass is 10.0. The highest BCUT2D eigenvalue weighted by Gasteiger charge is 2.18. The highest BCUT2D eigenvalue weighted by molar-refractivity contribution is 5.77. The van der Waals surface area contributed by atoms with Gasteiger partial charge in [0.05, 0.1) is 0 Å². The molecule has 0 spiro atoms. The smallest absolute Gasteiger partial charge is 0.246 e. The predicted molar refractivity (Wildman–Crippen MR) is 123 cm³/mol. The fourth-order valence-electron chi connectivity index (χ4n) is 4.01. The zero-order valence-corrected chi connectivity index (χ0v) is 18.2. The summed E-state index contributed by atoms with van der Waals surface area (Å²) < 4.78 is 0. The Hall–Kier alpha value is -3.26. The zero-order chi connectivity index (χ0) is 22.2. The summed E-state index contributed by atoms with van der Waals surface area (Å²) in [7, 11) is 0. The molecule has 0 saturated carbocycles. The third-order valence-electron chi connectivity index (χ3n) is 5.72. The normalized spacial score (nSPS) is 18.9. The number of rotatable bonds is 3. The van der Waals surface area contributed by atoms with Crippen molar-refractivity contribution < 1.29 is 9.59 Å². The Bertz CT molecular complexity index is 1000. The van der Waals surface area contributed by atoms with E-state index in [4.69, 9.17) is 0 Å². The molecule has 1 atom stereocenters. The van der Waals surface area contributed by atoms with E-state index in [9.17, 15) is 9.59 Å². The van der Waals surface area contributed by atoms with Crippen LogP contribution in [0.15, 0.2) is 54.6 Å². The maximum atomic E-state index is 13.0. The van der Waals surface area contributed by atoms with Crippen LogP contribution in [0.5, 0.6) is 0 Å². The SMILES string of the molecule is O=C1CC(c2ccccc2)NCCCCN(C(=O)Cn2nc3ccccc3n2)CCCN1. The maximum absolute atomic E-state index is 13.0. The number of hydrogen-bond acceptors (Lipinski definition) is 5. The number of nitrogens with one attached hydrogen (secondary N) is 2. The van der Waals surface area contributed by atoms with Gasteiger partial charge in [0, 0.05) is 32.1 Å². The minimum Gasteiger partial charge on any atom is -0.356 e. The van der Waals surface area contributed by atoms with Gasteiger partial charge in [0.25, 0.3) is 0 Å². The van der Waals surface area contributed by atoms with Crippen LogP contribution in [0, 0.1) is 0 Å². The third kappa shape index (κ3) is 5.91. The molecular weight excluding hydrogens is 404 g/mol. The fraction of sp³-hybridized carbons (Fsp3) is 0.417. The van der Waals surface area contributed by atoms with E-state index in [1.54, 1.807) is 0 Å². The van der Waals surface area contributed by atoms with Crippen LogP contribution in [0.3, 0.4) is 0 Å². The molecule has 3 aromatic rings. The van der Waals surface area contributed by atoms with E-state index in [2.05, 4.69) is 33.0 Å². The lowest BCUT2D eigenvalue weighted by Gasteiger charge is -2.22. The van der Waals surface area contributed by atoms with Crippen molar-refractivity contribution in [2.24, 2.45) is 0 Å². The molecule has 1 aliphatic rings. The lowest BCUT2D eigenvalue weighted by Crippen LogP contribution is -2.37. The Kier molecular flexibility index (Phi) is 7.45. The Morgan fingerprint density at radius 3 is 2.34 bits per heavy atom. The Balaban J connectivity index is 1.36. The minimum absolute atomic E-state index is 0.00151. The molecule has 1 unspecified atom stereocenters. The molecule has 1 saturated heterocycles. The van der Waals surface area contributed by atoms with Gasteiger partial charge in [-0.05, 0) is 43.5 Å². The monoisotopic (exact) mass is 434 g/mol. The van der Waals surface area contributed by atoms with Crippen molar-refractivity contribution >= 4 is 22.8 Å². The fourth-order valence-corrected chi connectivity index (χ4v) is 4.01. The number of carbonyl (C=O) groups is 2. The number of aromatic nitrogens is 3. The number of fused-ring (bicyclic) bond motifs is 1. The van der Waals surface area contributed by atoms with Crippen molar-refractivity contribution in [3.05, 3.63) is 60.2 Å². The topological polar surface area (TPSA) is 92.2 Å². The first-order valence-electron chi connectivity index (χ1n) is 11.3. The summed E-state index contributed by atoms with van der Waals surface area (Å²) in [6.45, 7) is 2.76. The van der Waals surface area contributed by atoms with Crippen LogP contribution >= 0.6 is 0 Å². The van der Waals surface area contributed by atoms with E-state index in [0.29, 0.717) is 26.1 Å². The van der Waals surface area contributed by atoms with Crippen molar-refractivity contribution in [3.8, 4) is 0 Å². The largest absolute Gasteiger partial charge is 0.356 e. The Morgan fingerprint density at radius 1 is 0.906 bits per heavy atom. The van der Waals surface area contributed by atoms with Crippen molar-refractivity contribution in [2.75, 3.05) is 26.2 Å². The first-order chi connectivity index (χ1) is 15.7. The maximum Gasteiger partial charge on any atom is 0.246 e. The van der Waals surface area contributed by atoms with E-state index >= 15 is 0 Å². The summed E-state index contributed by atoms with van der Waals surface area (Å²) in [5.41, 5.74) is 2.69. The first-order valence-corrected chi connectivity index (χ1v) is 11.3. The molecule has 2 amide bonds. The second-order valence-electron chi connectivity index (χ2n) is 8.13. The van der Waals surface area contributed by atoms with Gasteiger partial charge < -0.3 is 15.5 Å². The number of hydrogen-bond donors (Lipinski definition) is 2. The second kappa shape index (κ2) is 10.9. The summed E-state index contributed by atoms with van der Waals surface area (Å²) in [5, 5.41) is 15.3. The van der Waals surface area contributed by atoms with Crippen molar-refractivity contribution in [3.63, 3.8) is 0 Å². The van der Waals surface area contributed by atoms with Crippen molar-refractivity contribution in [2.45, 2.75) is 38.3 Å². The highest BCUT2D eigenvalue weighted by atomic mass is 16.2. The van der Waals surface area contributed by atoms with Crippen molar-refractivity contribution in [1.82, 2.24) is 30.5 Å². The van der Waals surface area contributed by atoms with E-state index in [1.807, 2.05) is 47.4 Å². The van der Waals surface area contributed by atoms with Gasteiger partial charge in [-0.2, -0.15) is 15.0 Å². The third-order valence-corrected chi connectivity index (χ3v) is 5.72. The summed E-state index contributed by atoms with van der Waals surface area (Å²) >= 11 is 0. The Labute approximate surface area is 188 Å². The predicted octanol–water partition coefficient (Wildman–Crippen LogP) is 2.28. The standard InChI is InChI=1S/C24H30N6O2/c31-23-17-22(19-9-2-1-3-10-19)25-13-6-7-15-29(16-8-14-26-23)24(32)18-30-27-20-11-4-5-12-21(20)28-30/h1-5,9-12,22,25H,6-8,13-18H2,(H,26,31). The minimum atomic E-state index is -0.00490. The number of nitrogens with zero attached hydrogens (tertiary/aromatic N) is 4. The molecule has 2 N–H and O–H groups in total. The van der Waals surface area contributed by atoms with Crippen LogP contribution in [0.4, 0.5) is 0 Å². The zero-order valence-electron chi connectivity index (χ0n) is 18.2. The summed E-state index contributed by atoms with van der Waals surface area (Å²) in [4.78, 5) is 28.8. The average Bonchev–Trinajstić information content (AvgIpc) is 3.22. The molecule has 4 rings (SSSR count). The molecule has 0 bridgehead atoms. The van der Waals surface area contributed by atoms with Gasteiger partial charge in [-0.3, -0.25) is 9.59 Å². The second-order valence-corrected chi connectivity index (χ2v) is 8.13. The van der Waals surface area contributed by atoms with Crippen molar-refractivity contribution in [1.29, 1.82) is 0 Å². The Morgan fingerprint density at radius 2 is 1.59 bits per heavy atom. The number of benzene rings is 2. The van der Waals surface area contributed by atoms with E-state index in [-0.39, 0.29) is 24.4 Å². The van der Waals surface area contributed by atoms with Crippen LogP contribution in [0.25, 0.3) is 11.0 Å². The summed E-state index contributed by atoms with van der Waals surface area (Å²) in [6.07, 6.45) is 2.95. The van der Waals surface area contributed by atoms with Gasteiger partial charge in [0.1, 0.15) is 17.6 Å². The van der Waals surface area contributed by atoms with E-state index in [0.717, 1.165) is 42.4 Å². The molecule has 2 aromatic carbocycles. The lowest BCUT2D eigenvalue weighted by molar-refractivity contribution is -0.132. The van der Waals surface area contributed by atoms with Crippen LogP contribution in [-0.2, 0) is 16.1 Å². The van der Waals surface area contributed by atoms with Gasteiger partial charge in [0.2, 0.25) is 11.8 Å². The van der Waals surface area contributed by atoms with E-state index < -0.39 is 0 Å². The molecule has 2 heterocycles. The number of amides is 2. The quantitative estimate of drug-likeness (QED) is 0.660. The van der Waals surface area contributed by atoms with Gasteiger partial charge in [-0.15, -0.1) is 0 Å². The molecule has 32 heavy (non-hydrogen) atoms. The van der Waals surface area contributed by atoms with Gasteiger partial charge in [-0.25, -0.2) is 0 Å². The highest BCUT2D eigenvalue weighted by Crippen LogP contribution is 2.17. The molecule has 1 fully saturated rings. The van der Waals surface area contributed by atoms with Crippen LogP contribution < -0.4 is 10.6 Å². The van der Waals surface area contributed by atoms with Crippen LogP contribution in [0.1, 0.15) is 37.3 Å². The molecule has 168 valence electrons. The molecule has 8 heteroatoms. The molecule has 1 aromatic heterocycles. The molecule has 1 aliphatic heterocycles. The van der Waals surface area contributed by atoms with Gasteiger partial charge in [-0.1, -0.05) is 42.5 Å². The molecule has 0 aliphatic carbocycles. The molecule has 8 nitrogen and oxygen atoms in total. The first kappa shape index (κ1) is 22.0. The van der Waals surface area contributed by atoms with Crippen LogP contribution in [-0.4, -0.2) is 57.9 Å². The van der Waals surface area contributed by atoms with Gasteiger partial charge >= 0.3 is 0 Å².